The number of benzene rings is 1. The average molecular weight is 342 g/mol. The molecule has 0 saturated carbocycles. The van der Waals surface area contributed by atoms with Gasteiger partial charge in [0.1, 0.15) is 5.82 Å². The van der Waals surface area contributed by atoms with Gasteiger partial charge in [0, 0.05) is 38.5 Å². The van der Waals surface area contributed by atoms with E-state index >= 15 is 0 Å². The van der Waals surface area contributed by atoms with Gasteiger partial charge in [0.15, 0.2) is 0 Å². The fourth-order valence-electron chi connectivity index (χ4n) is 3.21. The highest BCUT2D eigenvalue weighted by atomic mass is 35.5. The van der Waals surface area contributed by atoms with Crippen LogP contribution in [-0.4, -0.2) is 42.9 Å². The molecule has 126 valence electrons. The first kappa shape index (κ1) is 17.7. The van der Waals surface area contributed by atoms with E-state index < -0.39 is 0 Å². The van der Waals surface area contributed by atoms with Crippen LogP contribution in [0.2, 0.25) is 0 Å². The highest BCUT2D eigenvalue weighted by molar-refractivity contribution is 5.87. The first-order valence-corrected chi connectivity index (χ1v) is 7.68. The van der Waals surface area contributed by atoms with Gasteiger partial charge in [0.05, 0.1) is 6.04 Å². The summed E-state index contributed by atoms with van der Waals surface area (Å²) >= 11 is 0. The molecule has 2 amide bonds. The lowest BCUT2D eigenvalue weighted by atomic mass is 9.93. The molecule has 0 aromatic heterocycles. The van der Waals surface area contributed by atoms with Gasteiger partial charge in [0.25, 0.3) is 0 Å². The topological polar surface area (TPSA) is 61.4 Å². The quantitative estimate of drug-likeness (QED) is 0.851. The molecule has 23 heavy (non-hydrogen) atoms. The molecule has 1 aromatic carbocycles. The molecule has 0 spiro atoms. The van der Waals surface area contributed by atoms with Gasteiger partial charge >= 0.3 is 0 Å². The van der Waals surface area contributed by atoms with Crippen LogP contribution >= 0.6 is 12.4 Å². The number of halogens is 2. The van der Waals surface area contributed by atoms with Crippen molar-refractivity contribution in [2.24, 2.45) is 5.92 Å². The minimum Gasteiger partial charge on any atom is -0.356 e. The molecule has 2 aliphatic rings. The number of nitrogens with one attached hydrogen (secondary N) is 2. The zero-order chi connectivity index (χ0) is 15.5. The van der Waals surface area contributed by atoms with Crippen molar-refractivity contribution >= 4 is 24.2 Å². The molecule has 1 aromatic rings. The molecule has 2 aliphatic heterocycles. The van der Waals surface area contributed by atoms with Crippen LogP contribution in [0, 0.1) is 11.7 Å². The Balaban J connectivity index is 0.00000192. The standard InChI is InChI=1S/C16H20FN3O2.ClH/c17-13-3-1-2-11(8-13)14-10-18-6-7-20(14)16(22)12-4-5-19-15(21)9-12;/h1-3,8,12,14,18H,4-7,9-10H2,(H,19,21);1H. The Morgan fingerprint density at radius 1 is 1.30 bits per heavy atom. The molecule has 2 fully saturated rings. The smallest absolute Gasteiger partial charge is 0.226 e. The highest BCUT2D eigenvalue weighted by Gasteiger charge is 2.34. The number of piperazine rings is 1. The Kier molecular flexibility index (Phi) is 5.96. The van der Waals surface area contributed by atoms with Gasteiger partial charge < -0.3 is 15.5 Å². The predicted octanol–water partition coefficient (Wildman–Crippen LogP) is 1.25. The molecule has 5 nitrogen and oxygen atoms in total. The zero-order valence-corrected chi connectivity index (χ0v) is 13.6. The summed E-state index contributed by atoms with van der Waals surface area (Å²) in [4.78, 5) is 26.1. The number of carbonyl (C=O) groups excluding carboxylic acids is 2. The number of piperidine rings is 1. The molecule has 7 heteroatoms. The second-order valence-corrected chi connectivity index (χ2v) is 5.85. The molecule has 0 bridgehead atoms. The predicted molar refractivity (Wildman–Crippen MR) is 86.7 cm³/mol. The van der Waals surface area contributed by atoms with Crippen LogP contribution in [0.15, 0.2) is 24.3 Å². The van der Waals surface area contributed by atoms with Gasteiger partial charge in [-0.3, -0.25) is 9.59 Å². The largest absolute Gasteiger partial charge is 0.356 e. The number of hydrogen-bond donors (Lipinski definition) is 2. The number of rotatable bonds is 2. The fourth-order valence-corrected chi connectivity index (χ4v) is 3.21. The summed E-state index contributed by atoms with van der Waals surface area (Å²) in [6.45, 7) is 2.45. The number of amides is 2. The van der Waals surface area contributed by atoms with Gasteiger partial charge in [-0.2, -0.15) is 0 Å². The van der Waals surface area contributed by atoms with E-state index in [-0.39, 0.29) is 48.4 Å². The Labute approximate surface area is 141 Å². The van der Waals surface area contributed by atoms with Crippen LogP contribution in [0.3, 0.4) is 0 Å². The molecule has 0 aliphatic carbocycles. The summed E-state index contributed by atoms with van der Waals surface area (Å²) in [6.07, 6.45) is 0.920. The van der Waals surface area contributed by atoms with Gasteiger partial charge in [-0.1, -0.05) is 12.1 Å². The van der Waals surface area contributed by atoms with Crippen LogP contribution in [0.25, 0.3) is 0 Å². The second-order valence-electron chi connectivity index (χ2n) is 5.85. The monoisotopic (exact) mass is 341 g/mol. The molecular formula is C16H21ClFN3O2. The van der Waals surface area contributed by atoms with Crippen LogP contribution in [0.4, 0.5) is 4.39 Å². The maximum absolute atomic E-state index is 13.5. The molecule has 2 N–H and O–H groups in total. The van der Waals surface area contributed by atoms with Crippen molar-refractivity contribution in [3.63, 3.8) is 0 Å². The molecule has 2 unspecified atom stereocenters. The third-order valence-electron chi connectivity index (χ3n) is 4.36. The molecule has 2 atom stereocenters. The Morgan fingerprint density at radius 2 is 2.13 bits per heavy atom. The van der Waals surface area contributed by atoms with E-state index in [4.69, 9.17) is 0 Å². The number of nitrogens with zero attached hydrogens (tertiary/aromatic N) is 1. The van der Waals surface area contributed by atoms with Crippen molar-refractivity contribution in [2.75, 3.05) is 26.2 Å². The van der Waals surface area contributed by atoms with Crippen LogP contribution < -0.4 is 10.6 Å². The zero-order valence-electron chi connectivity index (χ0n) is 12.8. The van der Waals surface area contributed by atoms with Crippen molar-refractivity contribution in [3.05, 3.63) is 35.6 Å². The lowest BCUT2D eigenvalue weighted by molar-refractivity contribution is -0.143. The third kappa shape index (κ3) is 4.00. The van der Waals surface area contributed by atoms with Crippen molar-refractivity contribution in [1.29, 1.82) is 0 Å². The Morgan fingerprint density at radius 3 is 2.87 bits per heavy atom. The SMILES string of the molecule is Cl.O=C1CC(C(=O)N2CCNCC2c2cccc(F)c2)CCN1. The summed E-state index contributed by atoms with van der Waals surface area (Å²) in [5, 5.41) is 6.00. The molecule has 2 saturated heterocycles. The third-order valence-corrected chi connectivity index (χ3v) is 4.36. The van der Waals surface area contributed by atoms with Crippen molar-refractivity contribution in [3.8, 4) is 0 Å². The number of carbonyl (C=O) groups is 2. The molecular weight excluding hydrogens is 321 g/mol. The summed E-state index contributed by atoms with van der Waals surface area (Å²) in [5.41, 5.74) is 0.792. The Hall–Kier alpha value is -1.66. The Bertz CT molecular complexity index is 584. The van der Waals surface area contributed by atoms with Crippen molar-refractivity contribution < 1.29 is 14.0 Å². The summed E-state index contributed by atoms with van der Waals surface area (Å²) in [6, 6.07) is 6.20. The van der Waals surface area contributed by atoms with Crippen LogP contribution in [0.5, 0.6) is 0 Å². The first-order chi connectivity index (χ1) is 10.6. The first-order valence-electron chi connectivity index (χ1n) is 7.68. The fraction of sp³-hybridized carbons (Fsp3) is 0.500. The maximum Gasteiger partial charge on any atom is 0.226 e. The van der Waals surface area contributed by atoms with Crippen LogP contribution in [-0.2, 0) is 9.59 Å². The van der Waals surface area contributed by atoms with E-state index in [1.54, 1.807) is 11.0 Å². The van der Waals surface area contributed by atoms with Gasteiger partial charge in [0.2, 0.25) is 11.8 Å². The normalized spacial score (nSPS) is 24.6. The van der Waals surface area contributed by atoms with E-state index in [0.29, 0.717) is 26.1 Å². The van der Waals surface area contributed by atoms with Crippen molar-refractivity contribution in [2.45, 2.75) is 18.9 Å². The summed E-state index contributed by atoms with van der Waals surface area (Å²) in [7, 11) is 0. The van der Waals surface area contributed by atoms with Gasteiger partial charge in [-0.25, -0.2) is 4.39 Å². The van der Waals surface area contributed by atoms with E-state index in [1.807, 2.05) is 6.07 Å². The lowest BCUT2D eigenvalue weighted by Crippen LogP contribution is -2.52. The second kappa shape index (κ2) is 7.75. The van der Waals surface area contributed by atoms with E-state index in [2.05, 4.69) is 10.6 Å². The lowest BCUT2D eigenvalue weighted by Gasteiger charge is -2.39. The molecule has 3 rings (SSSR count). The minimum atomic E-state index is -0.299. The minimum absolute atomic E-state index is 0. The van der Waals surface area contributed by atoms with E-state index in [1.165, 1.54) is 12.1 Å². The number of hydrogen-bond acceptors (Lipinski definition) is 3. The summed E-state index contributed by atoms with van der Waals surface area (Å²) in [5.74, 6) is -0.622. The van der Waals surface area contributed by atoms with Crippen LogP contribution in [0.1, 0.15) is 24.4 Å². The summed E-state index contributed by atoms with van der Waals surface area (Å²) < 4.78 is 13.5. The maximum atomic E-state index is 13.5. The average Bonchev–Trinajstić information content (AvgIpc) is 2.54. The van der Waals surface area contributed by atoms with E-state index in [9.17, 15) is 14.0 Å². The van der Waals surface area contributed by atoms with E-state index in [0.717, 1.165) is 12.1 Å². The molecule has 2 heterocycles. The van der Waals surface area contributed by atoms with Crippen molar-refractivity contribution in [1.82, 2.24) is 15.5 Å². The van der Waals surface area contributed by atoms with Gasteiger partial charge in [-0.15, -0.1) is 12.4 Å². The molecule has 0 radical (unpaired) electrons. The van der Waals surface area contributed by atoms with Gasteiger partial charge in [-0.05, 0) is 24.1 Å². The highest BCUT2D eigenvalue weighted by Crippen LogP contribution is 2.27.